The SMILES string of the molecule is COC(=O)[C@@H]1CC[C@H](C)N(C(=O)Cc2ccccc2)C1. The van der Waals surface area contributed by atoms with Crippen LogP contribution in [0.25, 0.3) is 0 Å². The lowest BCUT2D eigenvalue weighted by atomic mass is 9.93. The van der Waals surface area contributed by atoms with Crippen LogP contribution in [0, 0.1) is 5.92 Å². The molecule has 1 heterocycles. The zero-order valence-corrected chi connectivity index (χ0v) is 12.0. The molecule has 2 rings (SSSR count). The van der Waals surface area contributed by atoms with E-state index in [9.17, 15) is 9.59 Å². The normalized spacial score (nSPS) is 22.4. The number of methoxy groups -OCH3 is 1. The Kier molecular flexibility index (Phi) is 4.77. The van der Waals surface area contributed by atoms with Crippen LogP contribution in [0.2, 0.25) is 0 Å². The van der Waals surface area contributed by atoms with Gasteiger partial charge in [0.15, 0.2) is 0 Å². The van der Waals surface area contributed by atoms with Crippen molar-refractivity contribution in [2.45, 2.75) is 32.2 Å². The molecular weight excluding hydrogens is 254 g/mol. The molecule has 0 aromatic heterocycles. The average Bonchev–Trinajstić information content (AvgIpc) is 2.48. The van der Waals surface area contributed by atoms with Crippen molar-refractivity contribution in [1.29, 1.82) is 0 Å². The molecule has 1 aromatic carbocycles. The Hall–Kier alpha value is -1.84. The van der Waals surface area contributed by atoms with E-state index in [0.717, 1.165) is 18.4 Å². The molecule has 1 amide bonds. The lowest BCUT2D eigenvalue weighted by molar-refractivity contribution is -0.150. The van der Waals surface area contributed by atoms with Crippen LogP contribution >= 0.6 is 0 Å². The maximum absolute atomic E-state index is 12.4. The lowest BCUT2D eigenvalue weighted by Gasteiger charge is -2.37. The van der Waals surface area contributed by atoms with Gasteiger partial charge in [0.25, 0.3) is 0 Å². The summed E-state index contributed by atoms with van der Waals surface area (Å²) >= 11 is 0. The summed E-state index contributed by atoms with van der Waals surface area (Å²) in [5.74, 6) is -0.317. The molecule has 4 heteroatoms. The number of hydrogen-bond acceptors (Lipinski definition) is 3. The van der Waals surface area contributed by atoms with Crippen LogP contribution in [-0.2, 0) is 20.7 Å². The molecule has 1 aliphatic rings. The van der Waals surface area contributed by atoms with Gasteiger partial charge in [-0.3, -0.25) is 9.59 Å². The standard InChI is InChI=1S/C16H21NO3/c1-12-8-9-14(16(19)20-2)11-17(12)15(18)10-13-6-4-3-5-7-13/h3-7,12,14H,8-11H2,1-2H3/t12-,14+/m0/s1. The number of likely N-dealkylation sites (tertiary alicyclic amines) is 1. The average molecular weight is 275 g/mol. The number of ether oxygens (including phenoxy) is 1. The molecule has 0 N–H and O–H groups in total. The molecular formula is C16H21NO3. The van der Waals surface area contributed by atoms with Crippen LogP contribution < -0.4 is 0 Å². The molecule has 1 fully saturated rings. The molecule has 20 heavy (non-hydrogen) atoms. The van der Waals surface area contributed by atoms with Crippen molar-refractivity contribution >= 4 is 11.9 Å². The fourth-order valence-corrected chi connectivity index (χ4v) is 2.69. The summed E-state index contributed by atoms with van der Waals surface area (Å²) in [7, 11) is 1.40. The van der Waals surface area contributed by atoms with Gasteiger partial charge in [-0.1, -0.05) is 30.3 Å². The van der Waals surface area contributed by atoms with Gasteiger partial charge < -0.3 is 9.64 Å². The van der Waals surface area contributed by atoms with Crippen LogP contribution in [0.3, 0.4) is 0 Å². The third kappa shape index (κ3) is 3.38. The number of carbonyl (C=O) groups is 2. The molecule has 108 valence electrons. The minimum atomic E-state index is -0.214. The summed E-state index contributed by atoms with van der Waals surface area (Å²) in [5.41, 5.74) is 1.00. The van der Waals surface area contributed by atoms with Gasteiger partial charge in [-0.15, -0.1) is 0 Å². The predicted molar refractivity (Wildman–Crippen MR) is 76.1 cm³/mol. The highest BCUT2D eigenvalue weighted by molar-refractivity contribution is 5.80. The van der Waals surface area contributed by atoms with Gasteiger partial charge in [0.05, 0.1) is 19.4 Å². The fourth-order valence-electron chi connectivity index (χ4n) is 2.69. The van der Waals surface area contributed by atoms with E-state index in [1.807, 2.05) is 42.2 Å². The van der Waals surface area contributed by atoms with Crippen molar-refractivity contribution in [3.8, 4) is 0 Å². The first-order chi connectivity index (χ1) is 9.61. The van der Waals surface area contributed by atoms with E-state index in [4.69, 9.17) is 4.74 Å². The molecule has 0 radical (unpaired) electrons. The summed E-state index contributed by atoms with van der Waals surface area (Å²) in [6, 6.07) is 9.88. The fraction of sp³-hybridized carbons (Fsp3) is 0.500. The highest BCUT2D eigenvalue weighted by Gasteiger charge is 2.32. The van der Waals surface area contributed by atoms with Crippen molar-refractivity contribution in [2.75, 3.05) is 13.7 Å². The number of piperidine rings is 1. The van der Waals surface area contributed by atoms with E-state index >= 15 is 0 Å². The van der Waals surface area contributed by atoms with Crippen LogP contribution in [0.15, 0.2) is 30.3 Å². The number of esters is 1. The van der Waals surface area contributed by atoms with Gasteiger partial charge >= 0.3 is 5.97 Å². The number of hydrogen-bond donors (Lipinski definition) is 0. The first kappa shape index (κ1) is 14.6. The Morgan fingerprint density at radius 1 is 1.25 bits per heavy atom. The van der Waals surface area contributed by atoms with Crippen LogP contribution in [-0.4, -0.2) is 36.5 Å². The van der Waals surface area contributed by atoms with Gasteiger partial charge in [-0.25, -0.2) is 0 Å². The first-order valence-corrected chi connectivity index (χ1v) is 7.03. The topological polar surface area (TPSA) is 46.6 Å². The molecule has 0 saturated carbocycles. The number of benzene rings is 1. The maximum Gasteiger partial charge on any atom is 0.310 e. The maximum atomic E-state index is 12.4. The Bertz CT molecular complexity index is 472. The Morgan fingerprint density at radius 2 is 1.95 bits per heavy atom. The molecule has 1 aromatic rings. The molecule has 2 atom stereocenters. The highest BCUT2D eigenvalue weighted by atomic mass is 16.5. The van der Waals surface area contributed by atoms with Crippen molar-refractivity contribution in [3.05, 3.63) is 35.9 Å². The monoisotopic (exact) mass is 275 g/mol. The van der Waals surface area contributed by atoms with Gasteiger partial charge in [0, 0.05) is 12.6 Å². The smallest absolute Gasteiger partial charge is 0.310 e. The second kappa shape index (κ2) is 6.55. The highest BCUT2D eigenvalue weighted by Crippen LogP contribution is 2.23. The summed E-state index contributed by atoms with van der Waals surface area (Å²) in [6.45, 7) is 2.51. The minimum absolute atomic E-state index is 0.0808. The van der Waals surface area contributed by atoms with Crippen LogP contribution in [0.1, 0.15) is 25.3 Å². The zero-order chi connectivity index (χ0) is 14.5. The van der Waals surface area contributed by atoms with Crippen molar-refractivity contribution in [2.24, 2.45) is 5.92 Å². The van der Waals surface area contributed by atoms with Crippen molar-refractivity contribution in [3.63, 3.8) is 0 Å². The van der Waals surface area contributed by atoms with E-state index in [-0.39, 0.29) is 23.8 Å². The molecule has 0 aliphatic carbocycles. The zero-order valence-electron chi connectivity index (χ0n) is 12.0. The van der Waals surface area contributed by atoms with Crippen LogP contribution in [0.5, 0.6) is 0 Å². The molecule has 0 spiro atoms. The lowest BCUT2D eigenvalue weighted by Crippen LogP contribution is -2.48. The van der Waals surface area contributed by atoms with E-state index in [2.05, 4.69) is 0 Å². The first-order valence-electron chi connectivity index (χ1n) is 7.03. The second-order valence-corrected chi connectivity index (χ2v) is 5.35. The predicted octanol–water partition coefficient (Wildman–Crippen LogP) is 2.03. The third-order valence-electron chi connectivity index (χ3n) is 3.94. The second-order valence-electron chi connectivity index (χ2n) is 5.35. The van der Waals surface area contributed by atoms with Crippen LogP contribution in [0.4, 0.5) is 0 Å². The number of rotatable bonds is 3. The van der Waals surface area contributed by atoms with Gasteiger partial charge in [-0.05, 0) is 25.3 Å². The number of nitrogens with zero attached hydrogens (tertiary/aromatic N) is 1. The Labute approximate surface area is 119 Å². The van der Waals surface area contributed by atoms with Gasteiger partial charge in [0.2, 0.25) is 5.91 Å². The Balaban J connectivity index is 2.01. The summed E-state index contributed by atoms with van der Waals surface area (Å²) in [4.78, 5) is 25.9. The van der Waals surface area contributed by atoms with E-state index in [1.165, 1.54) is 7.11 Å². The summed E-state index contributed by atoms with van der Waals surface area (Å²) in [5, 5.41) is 0. The Morgan fingerprint density at radius 3 is 2.60 bits per heavy atom. The molecule has 0 bridgehead atoms. The van der Waals surface area contributed by atoms with E-state index in [1.54, 1.807) is 0 Å². The summed E-state index contributed by atoms with van der Waals surface area (Å²) < 4.78 is 4.79. The quantitative estimate of drug-likeness (QED) is 0.793. The summed E-state index contributed by atoms with van der Waals surface area (Å²) in [6.07, 6.45) is 2.03. The molecule has 4 nitrogen and oxygen atoms in total. The van der Waals surface area contributed by atoms with E-state index < -0.39 is 0 Å². The number of carbonyl (C=O) groups excluding carboxylic acids is 2. The minimum Gasteiger partial charge on any atom is -0.469 e. The van der Waals surface area contributed by atoms with E-state index in [0.29, 0.717) is 13.0 Å². The van der Waals surface area contributed by atoms with Crippen molar-refractivity contribution in [1.82, 2.24) is 4.90 Å². The number of amides is 1. The largest absolute Gasteiger partial charge is 0.469 e. The van der Waals surface area contributed by atoms with Gasteiger partial charge in [0.1, 0.15) is 0 Å². The molecule has 0 unspecified atom stereocenters. The van der Waals surface area contributed by atoms with Crippen molar-refractivity contribution < 1.29 is 14.3 Å². The molecule has 1 saturated heterocycles. The van der Waals surface area contributed by atoms with Gasteiger partial charge in [-0.2, -0.15) is 0 Å². The molecule has 1 aliphatic heterocycles. The third-order valence-corrected chi connectivity index (χ3v) is 3.94.